The summed E-state index contributed by atoms with van der Waals surface area (Å²) >= 11 is 0. The number of carbonyl (C=O) groups is 2. The van der Waals surface area contributed by atoms with Gasteiger partial charge in [-0.3, -0.25) is 14.5 Å². The predicted octanol–water partition coefficient (Wildman–Crippen LogP) is 3.94. The smallest absolute Gasteiger partial charge is 0.387 e. The number of alkyl halides is 2. The topological polar surface area (TPSA) is 92.8 Å². The van der Waals surface area contributed by atoms with Crippen molar-refractivity contribution in [3.63, 3.8) is 0 Å². The van der Waals surface area contributed by atoms with E-state index >= 15 is 0 Å². The SMILES string of the molecule is CC1(C)C(=O)N(c2cccc(OC(F)F)c2)c2ccc(C(=O)N[C@@H]3CCC[C@@H]3S(C)(=O)=O)cc21. The molecular formula is C24H26F2N2O5S. The molecule has 0 aromatic heterocycles. The van der Waals surface area contributed by atoms with E-state index in [9.17, 15) is 26.8 Å². The highest BCUT2D eigenvalue weighted by molar-refractivity contribution is 7.91. The Kier molecular flexibility index (Phi) is 6.14. The van der Waals surface area contributed by atoms with Gasteiger partial charge in [0.2, 0.25) is 5.91 Å². The lowest BCUT2D eigenvalue weighted by molar-refractivity contribution is -0.121. The fraction of sp³-hybridized carbons (Fsp3) is 0.417. The first-order valence-electron chi connectivity index (χ1n) is 10.9. The van der Waals surface area contributed by atoms with Crippen LogP contribution < -0.4 is 15.0 Å². The quantitative estimate of drug-likeness (QED) is 0.660. The van der Waals surface area contributed by atoms with Gasteiger partial charge < -0.3 is 10.1 Å². The number of nitrogens with one attached hydrogen (secondary N) is 1. The molecule has 2 amide bonds. The Labute approximate surface area is 197 Å². The molecule has 10 heteroatoms. The Morgan fingerprint density at radius 3 is 2.59 bits per heavy atom. The molecule has 2 aromatic rings. The number of sulfone groups is 1. The zero-order valence-electron chi connectivity index (χ0n) is 19.0. The van der Waals surface area contributed by atoms with Crippen molar-refractivity contribution in [3.05, 3.63) is 53.6 Å². The second-order valence-electron chi connectivity index (χ2n) is 9.25. The maximum Gasteiger partial charge on any atom is 0.387 e. The number of rotatable bonds is 6. The number of carbonyl (C=O) groups excluding carboxylic acids is 2. The molecular weight excluding hydrogens is 466 g/mol. The number of nitrogens with zero attached hydrogens (tertiary/aromatic N) is 1. The van der Waals surface area contributed by atoms with Crippen molar-refractivity contribution in [1.29, 1.82) is 0 Å². The van der Waals surface area contributed by atoms with E-state index in [2.05, 4.69) is 10.1 Å². The van der Waals surface area contributed by atoms with E-state index in [0.717, 1.165) is 6.42 Å². The van der Waals surface area contributed by atoms with Crippen molar-refractivity contribution >= 4 is 33.0 Å². The van der Waals surface area contributed by atoms with Crippen LogP contribution >= 0.6 is 0 Å². The van der Waals surface area contributed by atoms with Gasteiger partial charge in [0.05, 0.1) is 22.0 Å². The van der Waals surface area contributed by atoms with Crippen LogP contribution in [0.4, 0.5) is 20.2 Å². The number of hydrogen-bond acceptors (Lipinski definition) is 5. The lowest BCUT2D eigenvalue weighted by atomic mass is 9.85. The first kappa shape index (κ1) is 24.1. The highest BCUT2D eigenvalue weighted by Crippen LogP contribution is 2.46. The fourth-order valence-corrected chi connectivity index (χ4v) is 6.18. The lowest BCUT2D eigenvalue weighted by Crippen LogP contribution is -2.43. The Morgan fingerprint density at radius 1 is 1.18 bits per heavy atom. The maximum atomic E-state index is 13.3. The van der Waals surface area contributed by atoms with E-state index in [4.69, 9.17) is 0 Å². The van der Waals surface area contributed by atoms with Crippen molar-refractivity contribution < 1.29 is 31.5 Å². The average Bonchev–Trinajstić information content (AvgIpc) is 3.29. The van der Waals surface area contributed by atoms with Gasteiger partial charge in [-0.05, 0) is 69.0 Å². The largest absolute Gasteiger partial charge is 0.435 e. The van der Waals surface area contributed by atoms with E-state index in [1.165, 1.54) is 29.4 Å². The molecule has 1 N–H and O–H groups in total. The molecule has 0 unspecified atom stereocenters. The number of halogens is 2. The zero-order chi connectivity index (χ0) is 24.8. The summed E-state index contributed by atoms with van der Waals surface area (Å²) in [6.45, 7) is 0.467. The monoisotopic (exact) mass is 492 g/mol. The van der Waals surface area contributed by atoms with E-state index in [0.29, 0.717) is 35.3 Å². The number of amides is 2. The van der Waals surface area contributed by atoms with Gasteiger partial charge in [-0.2, -0.15) is 8.78 Å². The molecule has 1 aliphatic heterocycles. The third-order valence-corrected chi connectivity index (χ3v) is 8.19. The van der Waals surface area contributed by atoms with Crippen molar-refractivity contribution in [2.45, 2.75) is 56.4 Å². The van der Waals surface area contributed by atoms with Gasteiger partial charge >= 0.3 is 6.61 Å². The average molecular weight is 493 g/mol. The van der Waals surface area contributed by atoms with Gasteiger partial charge in [-0.15, -0.1) is 0 Å². The summed E-state index contributed by atoms with van der Waals surface area (Å²) in [4.78, 5) is 27.7. The molecule has 1 saturated carbocycles. The summed E-state index contributed by atoms with van der Waals surface area (Å²) in [5, 5.41) is 2.24. The number of fused-ring (bicyclic) bond motifs is 1. The third-order valence-electron chi connectivity index (χ3n) is 6.53. The predicted molar refractivity (Wildman–Crippen MR) is 123 cm³/mol. The summed E-state index contributed by atoms with van der Waals surface area (Å²) in [6, 6.07) is 10.3. The molecule has 4 rings (SSSR count). The Hall–Kier alpha value is -3.01. The second kappa shape index (κ2) is 8.65. The molecule has 1 aliphatic carbocycles. The number of hydrogen-bond donors (Lipinski definition) is 1. The molecule has 7 nitrogen and oxygen atoms in total. The van der Waals surface area contributed by atoms with Crippen LogP contribution in [0.5, 0.6) is 5.75 Å². The van der Waals surface area contributed by atoms with Crippen LogP contribution in [0, 0.1) is 0 Å². The molecule has 1 heterocycles. The van der Waals surface area contributed by atoms with Crippen LogP contribution in [0.1, 0.15) is 49.0 Å². The van der Waals surface area contributed by atoms with Gasteiger partial charge in [0.25, 0.3) is 5.91 Å². The van der Waals surface area contributed by atoms with Crippen LogP contribution in [0.2, 0.25) is 0 Å². The first-order valence-corrected chi connectivity index (χ1v) is 12.9. The van der Waals surface area contributed by atoms with Crippen LogP contribution in [-0.2, 0) is 20.0 Å². The van der Waals surface area contributed by atoms with Crippen molar-refractivity contribution in [2.75, 3.05) is 11.2 Å². The van der Waals surface area contributed by atoms with Crippen LogP contribution in [0.15, 0.2) is 42.5 Å². The van der Waals surface area contributed by atoms with Crippen molar-refractivity contribution in [1.82, 2.24) is 5.32 Å². The summed E-state index contributed by atoms with van der Waals surface area (Å²) in [6.07, 6.45) is 3.00. The van der Waals surface area contributed by atoms with Gasteiger partial charge in [0, 0.05) is 23.9 Å². The molecule has 182 valence electrons. The molecule has 2 aliphatic rings. The Bertz CT molecular complexity index is 1250. The van der Waals surface area contributed by atoms with E-state index in [1.54, 1.807) is 38.1 Å². The molecule has 2 atom stereocenters. The summed E-state index contributed by atoms with van der Waals surface area (Å²) in [7, 11) is -3.29. The number of anilines is 2. The molecule has 34 heavy (non-hydrogen) atoms. The standard InChI is InChI=1S/C24H26F2N2O5S/c1-24(2)17-12-14(21(29)27-18-8-5-9-20(18)34(3,31)32)10-11-19(17)28(22(24)30)15-6-4-7-16(13-15)33-23(25)26/h4,6-7,10-13,18,20,23H,5,8-9H2,1-3H3,(H,27,29)/t18-,20+/m1/s1. The van der Waals surface area contributed by atoms with Gasteiger partial charge in [0.15, 0.2) is 9.84 Å². The Balaban J connectivity index is 1.64. The van der Waals surface area contributed by atoms with Gasteiger partial charge in [0.1, 0.15) is 5.75 Å². The van der Waals surface area contributed by atoms with Crippen molar-refractivity contribution in [3.8, 4) is 5.75 Å². The highest BCUT2D eigenvalue weighted by Gasteiger charge is 2.45. The molecule has 0 bridgehead atoms. The minimum Gasteiger partial charge on any atom is -0.435 e. The number of benzene rings is 2. The minimum atomic E-state index is -3.29. The van der Waals surface area contributed by atoms with E-state index in [1.807, 2.05) is 0 Å². The molecule has 2 aromatic carbocycles. The highest BCUT2D eigenvalue weighted by atomic mass is 32.2. The summed E-state index contributed by atoms with van der Waals surface area (Å²) in [5.74, 6) is -0.751. The third kappa shape index (κ3) is 4.38. The minimum absolute atomic E-state index is 0.0699. The van der Waals surface area contributed by atoms with Gasteiger partial charge in [-0.25, -0.2) is 8.42 Å². The first-order chi connectivity index (χ1) is 15.9. The Morgan fingerprint density at radius 2 is 1.91 bits per heavy atom. The van der Waals surface area contributed by atoms with Crippen molar-refractivity contribution in [2.24, 2.45) is 0 Å². The molecule has 0 saturated heterocycles. The van der Waals surface area contributed by atoms with E-state index < -0.39 is 39.1 Å². The fourth-order valence-electron chi connectivity index (χ4n) is 4.79. The molecule has 0 spiro atoms. The summed E-state index contributed by atoms with van der Waals surface area (Å²) < 4.78 is 53.9. The molecule has 0 radical (unpaired) electrons. The maximum absolute atomic E-state index is 13.3. The van der Waals surface area contributed by atoms with Gasteiger partial charge in [-0.1, -0.05) is 6.07 Å². The van der Waals surface area contributed by atoms with Crippen LogP contribution in [0.25, 0.3) is 0 Å². The summed E-state index contributed by atoms with van der Waals surface area (Å²) in [5.41, 5.74) is 0.852. The number of ether oxygens (including phenoxy) is 1. The van der Waals surface area contributed by atoms with Crippen LogP contribution in [0.3, 0.4) is 0 Å². The zero-order valence-corrected chi connectivity index (χ0v) is 19.9. The lowest BCUT2D eigenvalue weighted by Gasteiger charge is -2.21. The second-order valence-corrected chi connectivity index (χ2v) is 11.5. The van der Waals surface area contributed by atoms with E-state index in [-0.39, 0.29) is 11.7 Å². The molecule has 1 fully saturated rings. The normalized spacial score (nSPS) is 21.6. The van der Waals surface area contributed by atoms with Crippen LogP contribution in [-0.4, -0.2) is 44.4 Å².